The number of nitrogens with zero attached hydrogens (tertiary/aromatic N) is 1. The van der Waals surface area contributed by atoms with Gasteiger partial charge in [0, 0.05) is 11.8 Å². The van der Waals surface area contributed by atoms with E-state index in [0.29, 0.717) is 11.8 Å². The van der Waals surface area contributed by atoms with Crippen LogP contribution in [0.4, 0.5) is 0 Å². The molecule has 15 heavy (non-hydrogen) atoms. The Morgan fingerprint density at radius 1 is 1.07 bits per heavy atom. The van der Waals surface area contributed by atoms with Gasteiger partial charge in [-0.05, 0) is 31.6 Å². The van der Waals surface area contributed by atoms with Crippen molar-refractivity contribution in [3.8, 4) is 6.07 Å². The Morgan fingerprint density at radius 2 is 1.80 bits per heavy atom. The molecule has 2 heteroatoms. The lowest BCUT2D eigenvalue weighted by molar-refractivity contribution is 0.267. The van der Waals surface area contributed by atoms with Crippen molar-refractivity contribution in [2.75, 3.05) is 5.88 Å². The van der Waals surface area contributed by atoms with Crippen molar-refractivity contribution in [1.82, 2.24) is 0 Å². The molecule has 0 heterocycles. The lowest BCUT2D eigenvalue weighted by Crippen LogP contribution is -2.17. The zero-order valence-electron chi connectivity index (χ0n) is 9.55. The van der Waals surface area contributed by atoms with Crippen molar-refractivity contribution in [3.05, 3.63) is 0 Å². The summed E-state index contributed by atoms with van der Waals surface area (Å²) in [5.74, 6) is 1.84. The van der Waals surface area contributed by atoms with E-state index in [-0.39, 0.29) is 0 Å². The smallest absolute Gasteiger partial charge is 0.0658 e. The maximum Gasteiger partial charge on any atom is 0.0658 e. The Bertz CT molecular complexity index is 197. The van der Waals surface area contributed by atoms with E-state index in [0.717, 1.165) is 18.7 Å². The molecule has 1 aliphatic carbocycles. The first kappa shape index (κ1) is 12.8. The molecule has 1 rings (SSSR count). The van der Waals surface area contributed by atoms with Gasteiger partial charge >= 0.3 is 0 Å². The molecule has 0 aromatic heterocycles. The first-order valence-electron chi connectivity index (χ1n) is 6.34. The fraction of sp³-hybridized carbons (Fsp3) is 0.923. The Balaban J connectivity index is 2.10. The van der Waals surface area contributed by atoms with E-state index in [1.807, 2.05) is 0 Å². The molecule has 0 saturated heterocycles. The molecule has 86 valence electrons. The van der Waals surface area contributed by atoms with Crippen LogP contribution in [-0.2, 0) is 0 Å². The highest BCUT2D eigenvalue weighted by molar-refractivity contribution is 6.17. The van der Waals surface area contributed by atoms with Crippen molar-refractivity contribution in [2.45, 2.75) is 57.8 Å². The molecular weight excluding hydrogens is 206 g/mol. The van der Waals surface area contributed by atoms with Crippen LogP contribution in [0.5, 0.6) is 0 Å². The summed E-state index contributed by atoms with van der Waals surface area (Å²) in [5.41, 5.74) is 0. The summed E-state index contributed by atoms with van der Waals surface area (Å²) >= 11 is 5.63. The minimum absolute atomic E-state index is 0.353. The van der Waals surface area contributed by atoms with Gasteiger partial charge in [-0.25, -0.2) is 0 Å². The molecule has 0 spiro atoms. The molecule has 0 aromatic rings. The third-order valence-electron chi connectivity index (χ3n) is 3.53. The molecule has 0 N–H and O–H groups in total. The zero-order valence-corrected chi connectivity index (χ0v) is 10.3. The highest BCUT2D eigenvalue weighted by Gasteiger charge is 2.23. The van der Waals surface area contributed by atoms with E-state index in [1.165, 1.54) is 44.9 Å². The predicted molar refractivity (Wildman–Crippen MR) is 64.9 cm³/mol. The number of halogens is 1. The summed E-state index contributed by atoms with van der Waals surface area (Å²) in [5, 5.41) is 9.03. The maximum absolute atomic E-state index is 9.03. The number of rotatable bonds is 6. The molecule has 2 atom stereocenters. The minimum atomic E-state index is 0.353. The number of alkyl halides is 1. The molecular formula is C13H22ClN. The third-order valence-corrected chi connectivity index (χ3v) is 3.80. The highest BCUT2D eigenvalue weighted by Crippen LogP contribution is 2.33. The van der Waals surface area contributed by atoms with Gasteiger partial charge in [-0.15, -0.1) is 11.6 Å². The Hall–Kier alpha value is -0.220. The van der Waals surface area contributed by atoms with E-state index in [4.69, 9.17) is 16.9 Å². The Kier molecular flexibility index (Phi) is 6.85. The standard InChI is InChI=1S/C13H22ClN/c14-10-6-2-1-3-7-12-8-4-5-9-13(12)11-15/h12-13H,1-10H2. The van der Waals surface area contributed by atoms with Crippen LogP contribution in [0.3, 0.4) is 0 Å². The number of nitriles is 1. The van der Waals surface area contributed by atoms with E-state index in [9.17, 15) is 0 Å². The molecule has 1 saturated carbocycles. The summed E-state index contributed by atoms with van der Waals surface area (Å²) in [4.78, 5) is 0. The second-order valence-corrected chi connectivity index (χ2v) is 5.05. The maximum atomic E-state index is 9.03. The second kappa shape index (κ2) is 7.99. The monoisotopic (exact) mass is 227 g/mol. The first-order chi connectivity index (χ1) is 7.38. The van der Waals surface area contributed by atoms with E-state index >= 15 is 0 Å². The lowest BCUT2D eigenvalue weighted by Gasteiger charge is -2.26. The van der Waals surface area contributed by atoms with Crippen molar-refractivity contribution in [1.29, 1.82) is 5.26 Å². The fourth-order valence-corrected chi connectivity index (χ4v) is 2.77. The molecule has 1 nitrogen and oxygen atoms in total. The molecule has 0 radical (unpaired) electrons. The number of hydrogen-bond acceptors (Lipinski definition) is 1. The van der Waals surface area contributed by atoms with E-state index in [2.05, 4.69) is 6.07 Å². The van der Waals surface area contributed by atoms with E-state index in [1.54, 1.807) is 0 Å². The fourth-order valence-electron chi connectivity index (χ4n) is 2.58. The van der Waals surface area contributed by atoms with Crippen LogP contribution in [0, 0.1) is 23.2 Å². The second-order valence-electron chi connectivity index (χ2n) is 4.67. The molecule has 0 amide bonds. The van der Waals surface area contributed by atoms with Crippen LogP contribution >= 0.6 is 11.6 Å². The van der Waals surface area contributed by atoms with Gasteiger partial charge in [0.1, 0.15) is 0 Å². The van der Waals surface area contributed by atoms with Crippen molar-refractivity contribution < 1.29 is 0 Å². The van der Waals surface area contributed by atoms with Crippen LogP contribution in [0.1, 0.15) is 57.8 Å². The summed E-state index contributed by atoms with van der Waals surface area (Å²) < 4.78 is 0. The van der Waals surface area contributed by atoms with Crippen LogP contribution in [-0.4, -0.2) is 5.88 Å². The quantitative estimate of drug-likeness (QED) is 0.484. The van der Waals surface area contributed by atoms with Gasteiger partial charge in [0.25, 0.3) is 0 Å². The topological polar surface area (TPSA) is 23.8 Å². The summed E-state index contributed by atoms with van der Waals surface area (Å²) in [6, 6.07) is 2.48. The summed E-state index contributed by atoms with van der Waals surface area (Å²) in [7, 11) is 0. The summed E-state index contributed by atoms with van der Waals surface area (Å²) in [6.45, 7) is 0. The number of unbranched alkanes of at least 4 members (excludes halogenated alkanes) is 3. The van der Waals surface area contributed by atoms with Crippen LogP contribution in [0.2, 0.25) is 0 Å². The van der Waals surface area contributed by atoms with Gasteiger partial charge in [-0.3, -0.25) is 0 Å². The lowest BCUT2D eigenvalue weighted by atomic mass is 9.77. The SMILES string of the molecule is N#CC1CCCCC1CCCCCCCl. The third kappa shape index (κ3) is 4.89. The van der Waals surface area contributed by atoms with Gasteiger partial charge in [-0.2, -0.15) is 5.26 Å². The van der Waals surface area contributed by atoms with Crippen molar-refractivity contribution in [2.24, 2.45) is 11.8 Å². The van der Waals surface area contributed by atoms with Crippen molar-refractivity contribution >= 4 is 11.6 Å². The van der Waals surface area contributed by atoms with Crippen LogP contribution in [0.15, 0.2) is 0 Å². The molecule has 0 aliphatic heterocycles. The molecule has 1 fully saturated rings. The highest BCUT2D eigenvalue weighted by atomic mass is 35.5. The van der Waals surface area contributed by atoms with Gasteiger partial charge in [0.2, 0.25) is 0 Å². The predicted octanol–water partition coefficient (Wildman–Crippen LogP) is 4.51. The average Bonchev–Trinajstić information content (AvgIpc) is 2.29. The van der Waals surface area contributed by atoms with Gasteiger partial charge < -0.3 is 0 Å². The molecule has 0 bridgehead atoms. The molecule has 2 unspecified atom stereocenters. The van der Waals surface area contributed by atoms with Crippen LogP contribution in [0.25, 0.3) is 0 Å². The normalized spacial score (nSPS) is 26.1. The average molecular weight is 228 g/mol. The van der Waals surface area contributed by atoms with Gasteiger partial charge in [0.05, 0.1) is 6.07 Å². The van der Waals surface area contributed by atoms with Gasteiger partial charge in [-0.1, -0.05) is 32.1 Å². The minimum Gasteiger partial charge on any atom is -0.198 e. The van der Waals surface area contributed by atoms with Crippen LogP contribution < -0.4 is 0 Å². The summed E-state index contributed by atoms with van der Waals surface area (Å²) in [6.07, 6.45) is 11.3. The first-order valence-corrected chi connectivity index (χ1v) is 6.87. The van der Waals surface area contributed by atoms with E-state index < -0.39 is 0 Å². The largest absolute Gasteiger partial charge is 0.198 e. The Morgan fingerprint density at radius 3 is 2.53 bits per heavy atom. The molecule has 1 aliphatic rings. The molecule has 0 aromatic carbocycles. The van der Waals surface area contributed by atoms with Crippen molar-refractivity contribution in [3.63, 3.8) is 0 Å². The van der Waals surface area contributed by atoms with Gasteiger partial charge in [0.15, 0.2) is 0 Å². The zero-order chi connectivity index (χ0) is 10.9. The number of hydrogen-bond donors (Lipinski definition) is 0. The Labute approximate surface area is 98.8 Å².